The van der Waals surface area contributed by atoms with Crippen LogP contribution in [0, 0.1) is 5.41 Å². The number of hydrogen-bond donors (Lipinski definition) is 1. The van der Waals surface area contributed by atoms with Gasteiger partial charge in [-0.05, 0) is 12.8 Å². The number of aliphatic carboxylic acids is 1. The first-order chi connectivity index (χ1) is 10.1. The third-order valence-corrected chi connectivity index (χ3v) is 4.19. The second-order valence-corrected chi connectivity index (χ2v) is 5.74. The lowest BCUT2D eigenvalue weighted by atomic mass is 9.72. The SMILES string of the molecule is Cn1cc(-c2noc(CC3(C(=O)O)CCCCC3)n2)cn1. The number of aromatic nitrogens is 4. The zero-order valence-corrected chi connectivity index (χ0v) is 11.9. The Morgan fingerprint density at radius 2 is 2.19 bits per heavy atom. The molecule has 21 heavy (non-hydrogen) atoms. The molecule has 7 heteroatoms. The Morgan fingerprint density at radius 1 is 1.43 bits per heavy atom. The standard InChI is InChI=1S/C14H18N4O3/c1-18-9-10(8-15-18)12-16-11(21-17-12)7-14(13(19)20)5-3-2-4-6-14/h8-9H,2-7H2,1H3,(H,19,20). The number of carboxylic acid groups (broad SMARTS) is 1. The number of aryl methyl sites for hydroxylation is 1. The molecule has 7 nitrogen and oxygen atoms in total. The van der Waals surface area contributed by atoms with Crippen molar-refractivity contribution in [3.05, 3.63) is 18.3 Å². The zero-order valence-electron chi connectivity index (χ0n) is 11.9. The van der Waals surface area contributed by atoms with Crippen LogP contribution in [0.2, 0.25) is 0 Å². The van der Waals surface area contributed by atoms with Crippen LogP contribution in [0.5, 0.6) is 0 Å². The molecule has 2 aromatic rings. The molecule has 0 saturated heterocycles. The molecule has 2 aromatic heterocycles. The lowest BCUT2D eigenvalue weighted by Gasteiger charge is -2.31. The average molecular weight is 290 g/mol. The smallest absolute Gasteiger partial charge is 0.310 e. The van der Waals surface area contributed by atoms with Crippen molar-refractivity contribution in [2.24, 2.45) is 12.5 Å². The molecule has 0 radical (unpaired) electrons. The van der Waals surface area contributed by atoms with E-state index >= 15 is 0 Å². The lowest BCUT2D eigenvalue weighted by Crippen LogP contribution is -2.35. The Hall–Kier alpha value is -2.18. The molecule has 0 aliphatic heterocycles. The van der Waals surface area contributed by atoms with Crippen molar-refractivity contribution in [3.63, 3.8) is 0 Å². The molecule has 2 heterocycles. The van der Waals surface area contributed by atoms with Gasteiger partial charge in [-0.1, -0.05) is 24.4 Å². The minimum absolute atomic E-state index is 0.301. The fourth-order valence-corrected chi connectivity index (χ4v) is 2.96. The van der Waals surface area contributed by atoms with Crippen LogP contribution in [0.1, 0.15) is 38.0 Å². The van der Waals surface area contributed by atoms with E-state index in [2.05, 4.69) is 15.2 Å². The summed E-state index contributed by atoms with van der Waals surface area (Å²) in [5.41, 5.74) is 0.0114. The van der Waals surface area contributed by atoms with Gasteiger partial charge in [-0.25, -0.2) is 0 Å². The quantitative estimate of drug-likeness (QED) is 0.926. The highest BCUT2D eigenvalue weighted by molar-refractivity contribution is 5.75. The van der Waals surface area contributed by atoms with Gasteiger partial charge in [0.05, 0.1) is 17.2 Å². The Labute approximate surface area is 122 Å². The van der Waals surface area contributed by atoms with Crippen LogP contribution in [0.25, 0.3) is 11.4 Å². The van der Waals surface area contributed by atoms with Gasteiger partial charge in [-0.3, -0.25) is 9.48 Å². The van der Waals surface area contributed by atoms with Crippen molar-refractivity contribution in [3.8, 4) is 11.4 Å². The molecule has 0 atom stereocenters. The minimum Gasteiger partial charge on any atom is -0.481 e. The highest BCUT2D eigenvalue weighted by Gasteiger charge is 2.41. The van der Waals surface area contributed by atoms with E-state index in [1.807, 2.05) is 7.05 Å². The highest BCUT2D eigenvalue weighted by Crippen LogP contribution is 2.39. The van der Waals surface area contributed by atoms with Gasteiger partial charge in [-0.2, -0.15) is 10.1 Å². The summed E-state index contributed by atoms with van der Waals surface area (Å²) in [5, 5.41) is 17.6. The summed E-state index contributed by atoms with van der Waals surface area (Å²) in [7, 11) is 1.81. The van der Waals surface area contributed by atoms with Crippen molar-refractivity contribution in [1.29, 1.82) is 0 Å². The molecule has 1 fully saturated rings. The van der Waals surface area contributed by atoms with Crippen LogP contribution >= 0.6 is 0 Å². The molecular weight excluding hydrogens is 272 g/mol. The predicted octanol–water partition coefficient (Wildman–Crippen LogP) is 2.05. The molecule has 1 aliphatic carbocycles. The Bertz CT molecular complexity index is 640. The Balaban J connectivity index is 1.81. The average Bonchev–Trinajstić information content (AvgIpc) is 3.08. The van der Waals surface area contributed by atoms with E-state index in [1.54, 1.807) is 17.1 Å². The number of carbonyl (C=O) groups is 1. The maximum atomic E-state index is 11.7. The maximum Gasteiger partial charge on any atom is 0.310 e. The van der Waals surface area contributed by atoms with Gasteiger partial charge in [0, 0.05) is 19.7 Å². The van der Waals surface area contributed by atoms with Gasteiger partial charge in [0.25, 0.3) is 0 Å². The Morgan fingerprint density at radius 3 is 2.81 bits per heavy atom. The summed E-state index contributed by atoms with van der Waals surface area (Å²) in [6.07, 6.45) is 8.07. The lowest BCUT2D eigenvalue weighted by molar-refractivity contribution is -0.151. The monoisotopic (exact) mass is 290 g/mol. The molecule has 0 bridgehead atoms. The molecular formula is C14H18N4O3. The van der Waals surface area contributed by atoms with E-state index in [1.165, 1.54) is 0 Å². The summed E-state index contributed by atoms with van der Waals surface area (Å²) < 4.78 is 6.90. The normalized spacial score (nSPS) is 17.8. The van der Waals surface area contributed by atoms with Gasteiger partial charge in [0.1, 0.15) is 0 Å². The number of hydrogen-bond acceptors (Lipinski definition) is 5. The fraction of sp³-hybridized carbons (Fsp3) is 0.571. The van der Waals surface area contributed by atoms with Crippen molar-refractivity contribution in [2.75, 3.05) is 0 Å². The molecule has 0 aromatic carbocycles. The Kier molecular flexibility index (Phi) is 3.48. The van der Waals surface area contributed by atoms with E-state index in [0.717, 1.165) is 24.8 Å². The van der Waals surface area contributed by atoms with Crippen LogP contribution < -0.4 is 0 Å². The third kappa shape index (κ3) is 2.68. The molecule has 0 spiro atoms. The van der Waals surface area contributed by atoms with Crippen LogP contribution in [0.3, 0.4) is 0 Å². The zero-order chi connectivity index (χ0) is 14.9. The van der Waals surface area contributed by atoms with E-state index in [4.69, 9.17) is 4.52 Å². The predicted molar refractivity (Wildman–Crippen MR) is 73.4 cm³/mol. The fourth-order valence-electron chi connectivity index (χ4n) is 2.96. The summed E-state index contributed by atoms with van der Waals surface area (Å²) in [4.78, 5) is 16.0. The first-order valence-corrected chi connectivity index (χ1v) is 7.14. The van der Waals surface area contributed by atoms with Gasteiger partial charge in [0.15, 0.2) is 0 Å². The molecule has 3 rings (SSSR count). The summed E-state index contributed by atoms with van der Waals surface area (Å²) in [6.45, 7) is 0. The second-order valence-electron chi connectivity index (χ2n) is 5.74. The summed E-state index contributed by atoms with van der Waals surface area (Å²) in [5.74, 6) is 0.0796. The summed E-state index contributed by atoms with van der Waals surface area (Å²) in [6, 6.07) is 0. The number of carboxylic acids is 1. The minimum atomic E-state index is -0.761. The van der Waals surface area contributed by atoms with Crippen molar-refractivity contribution in [2.45, 2.75) is 38.5 Å². The van der Waals surface area contributed by atoms with Crippen LogP contribution in [-0.2, 0) is 18.3 Å². The highest BCUT2D eigenvalue weighted by atomic mass is 16.5. The van der Waals surface area contributed by atoms with Crippen molar-refractivity contribution < 1.29 is 14.4 Å². The molecule has 0 amide bonds. The van der Waals surface area contributed by atoms with E-state index in [-0.39, 0.29) is 0 Å². The number of rotatable bonds is 4. The molecule has 1 N–H and O–H groups in total. The van der Waals surface area contributed by atoms with Gasteiger partial charge < -0.3 is 9.63 Å². The molecule has 1 aliphatic rings. The van der Waals surface area contributed by atoms with Gasteiger partial charge in [-0.15, -0.1) is 0 Å². The molecule has 112 valence electrons. The van der Waals surface area contributed by atoms with Gasteiger partial charge in [0.2, 0.25) is 11.7 Å². The maximum absolute atomic E-state index is 11.7. The second kappa shape index (κ2) is 5.31. The largest absolute Gasteiger partial charge is 0.481 e. The topological polar surface area (TPSA) is 94.0 Å². The molecule has 0 unspecified atom stereocenters. The van der Waals surface area contributed by atoms with Crippen LogP contribution in [0.4, 0.5) is 0 Å². The van der Waals surface area contributed by atoms with Gasteiger partial charge >= 0.3 is 5.97 Å². The van der Waals surface area contributed by atoms with E-state index < -0.39 is 11.4 Å². The van der Waals surface area contributed by atoms with Crippen LogP contribution in [-0.4, -0.2) is 31.0 Å². The molecule has 1 saturated carbocycles. The summed E-state index contributed by atoms with van der Waals surface area (Å²) >= 11 is 0. The van der Waals surface area contributed by atoms with Crippen LogP contribution in [0.15, 0.2) is 16.9 Å². The van der Waals surface area contributed by atoms with Crippen molar-refractivity contribution in [1.82, 2.24) is 19.9 Å². The first-order valence-electron chi connectivity index (χ1n) is 7.14. The van der Waals surface area contributed by atoms with E-state index in [9.17, 15) is 9.90 Å². The number of nitrogens with zero attached hydrogens (tertiary/aromatic N) is 4. The van der Waals surface area contributed by atoms with Crippen molar-refractivity contribution >= 4 is 5.97 Å². The third-order valence-electron chi connectivity index (χ3n) is 4.19. The van der Waals surface area contributed by atoms with E-state index in [0.29, 0.717) is 31.0 Å². The first kappa shape index (κ1) is 13.8.